The number of amidine groups is 1. The SMILES string of the molecule is CC1(CO)C=NC(c2ccccc2)=N1. The fourth-order valence-corrected chi connectivity index (χ4v) is 1.30. The van der Waals surface area contributed by atoms with E-state index in [4.69, 9.17) is 5.11 Å². The molecule has 1 aliphatic rings. The van der Waals surface area contributed by atoms with Gasteiger partial charge >= 0.3 is 0 Å². The van der Waals surface area contributed by atoms with Crippen LogP contribution in [0, 0.1) is 0 Å². The lowest BCUT2D eigenvalue weighted by atomic mass is 10.1. The second kappa shape index (κ2) is 3.35. The van der Waals surface area contributed by atoms with Crippen LogP contribution in [0.4, 0.5) is 0 Å². The van der Waals surface area contributed by atoms with Gasteiger partial charge in [0.05, 0.1) is 6.61 Å². The van der Waals surface area contributed by atoms with Crippen LogP contribution in [0.1, 0.15) is 12.5 Å². The number of hydrogen-bond acceptors (Lipinski definition) is 3. The summed E-state index contributed by atoms with van der Waals surface area (Å²) in [5.41, 5.74) is 0.450. The molecule has 0 amide bonds. The van der Waals surface area contributed by atoms with Gasteiger partial charge in [-0.15, -0.1) is 0 Å². The zero-order valence-corrected chi connectivity index (χ0v) is 8.01. The Hall–Kier alpha value is -1.48. The zero-order chi connectivity index (χ0) is 10.0. The first-order valence-corrected chi connectivity index (χ1v) is 4.55. The third-order valence-corrected chi connectivity index (χ3v) is 2.18. The molecule has 2 rings (SSSR count). The van der Waals surface area contributed by atoms with Gasteiger partial charge in [-0.25, -0.2) is 4.99 Å². The Morgan fingerprint density at radius 1 is 1.29 bits per heavy atom. The standard InChI is InChI=1S/C11H12N2O/c1-11(8-14)7-12-10(13-11)9-5-3-2-4-6-9/h2-7,14H,8H2,1H3. The number of aliphatic hydroxyl groups is 1. The Bertz CT molecular complexity index is 384. The second-order valence-electron chi connectivity index (χ2n) is 3.57. The molecule has 3 heteroatoms. The van der Waals surface area contributed by atoms with Crippen molar-refractivity contribution in [3.8, 4) is 0 Å². The molecule has 14 heavy (non-hydrogen) atoms. The topological polar surface area (TPSA) is 45.0 Å². The first-order chi connectivity index (χ1) is 6.73. The van der Waals surface area contributed by atoms with E-state index in [0.717, 1.165) is 5.56 Å². The number of aliphatic imine (C=N–C) groups is 2. The van der Waals surface area contributed by atoms with Crippen LogP contribution in [0.25, 0.3) is 0 Å². The summed E-state index contributed by atoms with van der Waals surface area (Å²) in [6, 6.07) is 9.76. The highest BCUT2D eigenvalue weighted by atomic mass is 16.3. The van der Waals surface area contributed by atoms with Crippen molar-refractivity contribution >= 4 is 12.1 Å². The fourth-order valence-electron chi connectivity index (χ4n) is 1.30. The summed E-state index contributed by atoms with van der Waals surface area (Å²) in [5, 5.41) is 9.09. The average molecular weight is 188 g/mol. The second-order valence-corrected chi connectivity index (χ2v) is 3.57. The lowest BCUT2D eigenvalue weighted by Crippen LogP contribution is -2.26. The van der Waals surface area contributed by atoms with Crippen LogP contribution in [-0.4, -0.2) is 29.3 Å². The molecule has 0 spiro atoms. The van der Waals surface area contributed by atoms with Crippen LogP contribution in [-0.2, 0) is 0 Å². The van der Waals surface area contributed by atoms with Crippen LogP contribution in [0.5, 0.6) is 0 Å². The third-order valence-electron chi connectivity index (χ3n) is 2.18. The molecule has 72 valence electrons. The van der Waals surface area contributed by atoms with Crippen LogP contribution in [0.15, 0.2) is 40.3 Å². The van der Waals surface area contributed by atoms with Crippen molar-refractivity contribution in [3.05, 3.63) is 35.9 Å². The van der Waals surface area contributed by atoms with Crippen molar-refractivity contribution < 1.29 is 5.11 Å². The maximum atomic E-state index is 9.09. The minimum atomic E-state index is -0.537. The average Bonchev–Trinajstić information content (AvgIpc) is 2.63. The smallest absolute Gasteiger partial charge is 0.155 e. The molecule has 3 nitrogen and oxygen atoms in total. The zero-order valence-electron chi connectivity index (χ0n) is 8.01. The molecule has 0 aliphatic carbocycles. The minimum absolute atomic E-state index is 0.00711. The first-order valence-electron chi connectivity index (χ1n) is 4.55. The van der Waals surface area contributed by atoms with E-state index in [1.807, 2.05) is 37.3 Å². The normalized spacial score (nSPS) is 25.1. The van der Waals surface area contributed by atoms with Crippen molar-refractivity contribution in [2.75, 3.05) is 6.61 Å². The van der Waals surface area contributed by atoms with Gasteiger partial charge in [-0.1, -0.05) is 30.3 Å². The molecule has 0 saturated heterocycles. The molecule has 1 N–H and O–H groups in total. The molecular formula is C11H12N2O. The predicted molar refractivity (Wildman–Crippen MR) is 57.0 cm³/mol. The van der Waals surface area contributed by atoms with Gasteiger partial charge in [-0.3, -0.25) is 4.99 Å². The van der Waals surface area contributed by atoms with Gasteiger partial charge in [0.1, 0.15) is 5.54 Å². The van der Waals surface area contributed by atoms with E-state index in [9.17, 15) is 0 Å². The number of rotatable bonds is 2. The number of nitrogens with zero attached hydrogens (tertiary/aromatic N) is 2. The predicted octanol–water partition coefficient (Wildman–Crippen LogP) is 1.27. The van der Waals surface area contributed by atoms with E-state index in [2.05, 4.69) is 9.98 Å². The lowest BCUT2D eigenvalue weighted by Gasteiger charge is -2.11. The van der Waals surface area contributed by atoms with Crippen LogP contribution >= 0.6 is 0 Å². The van der Waals surface area contributed by atoms with Crippen molar-refractivity contribution in [1.29, 1.82) is 0 Å². The monoisotopic (exact) mass is 188 g/mol. The van der Waals surface area contributed by atoms with Crippen LogP contribution in [0.2, 0.25) is 0 Å². The van der Waals surface area contributed by atoms with Gasteiger partial charge in [-0.05, 0) is 6.92 Å². The third kappa shape index (κ3) is 1.59. The van der Waals surface area contributed by atoms with Gasteiger partial charge in [-0.2, -0.15) is 0 Å². The van der Waals surface area contributed by atoms with Crippen molar-refractivity contribution in [2.45, 2.75) is 12.5 Å². The summed E-state index contributed by atoms with van der Waals surface area (Å²) < 4.78 is 0. The molecule has 1 atom stereocenters. The quantitative estimate of drug-likeness (QED) is 0.746. The van der Waals surface area contributed by atoms with Gasteiger partial charge in [0.2, 0.25) is 0 Å². The summed E-state index contributed by atoms with van der Waals surface area (Å²) in [7, 11) is 0. The van der Waals surface area contributed by atoms with Gasteiger partial charge < -0.3 is 5.11 Å². The van der Waals surface area contributed by atoms with Crippen molar-refractivity contribution in [3.63, 3.8) is 0 Å². The summed E-state index contributed by atoms with van der Waals surface area (Å²) >= 11 is 0. The first kappa shape index (κ1) is 9.09. The Kier molecular flexibility index (Phi) is 2.17. The van der Waals surface area contributed by atoms with E-state index >= 15 is 0 Å². The highest BCUT2D eigenvalue weighted by molar-refractivity contribution is 6.08. The number of benzene rings is 1. The summed E-state index contributed by atoms with van der Waals surface area (Å²) in [5.74, 6) is 0.696. The van der Waals surface area contributed by atoms with E-state index < -0.39 is 5.54 Å². The lowest BCUT2D eigenvalue weighted by molar-refractivity contribution is 0.253. The van der Waals surface area contributed by atoms with Crippen LogP contribution < -0.4 is 0 Å². The molecule has 0 radical (unpaired) electrons. The van der Waals surface area contributed by atoms with Crippen molar-refractivity contribution in [2.24, 2.45) is 9.98 Å². The minimum Gasteiger partial charge on any atom is -0.393 e. The molecule has 1 unspecified atom stereocenters. The van der Waals surface area contributed by atoms with E-state index in [1.54, 1.807) is 6.21 Å². The van der Waals surface area contributed by atoms with Crippen molar-refractivity contribution in [1.82, 2.24) is 0 Å². The maximum Gasteiger partial charge on any atom is 0.155 e. The summed E-state index contributed by atoms with van der Waals surface area (Å²) in [6.07, 6.45) is 1.69. The highest BCUT2D eigenvalue weighted by Gasteiger charge is 2.25. The molecule has 1 aromatic rings. The Morgan fingerprint density at radius 2 is 2.00 bits per heavy atom. The fraction of sp³-hybridized carbons (Fsp3) is 0.273. The largest absolute Gasteiger partial charge is 0.393 e. The summed E-state index contributed by atoms with van der Waals surface area (Å²) in [6.45, 7) is 1.85. The van der Waals surface area contributed by atoms with Gasteiger partial charge in [0.25, 0.3) is 0 Å². The molecule has 1 aliphatic heterocycles. The molecule has 1 aromatic carbocycles. The van der Waals surface area contributed by atoms with E-state index in [-0.39, 0.29) is 6.61 Å². The van der Waals surface area contributed by atoms with E-state index in [1.165, 1.54) is 0 Å². The number of hydrogen-bond donors (Lipinski definition) is 1. The maximum absolute atomic E-state index is 9.09. The molecule has 0 saturated carbocycles. The van der Waals surface area contributed by atoms with Crippen LogP contribution in [0.3, 0.4) is 0 Å². The number of aliphatic hydroxyl groups excluding tert-OH is 1. The Morgan fingerprint density at radius 3 is 2.57 bits per heavy atom. The molecular weight excluding hydrogens is 176 g/mol. The highest BCUT2D eigenvalue weighted by Crippen LogP contribution is 2.16. The summed E-state index contributed by atoms with van der Waals surface area (Å²) in [4.78, 5) is 8.55. The van der Waals surface area contributed by atoms with Gasteiger partial charge in [0.15, 0.2) is 5.84 Å². The molecule has 0 bridgehead atoms. The Balaban J connectivity index is 2.32. The molecule has 0 aromatic heterocycles. The molecule has 1 heterocycles. The molecule has 0 fully saturated rings. The van der Waals surface area contributed by atoms with Gasteiger partial charge in [0, 0.05) is 11.8 Å². The Labute approximate surface area is 82.8 Å². The van der Waals surface area contributed by atoms with E-state index in [0.29, 0.717) is 5.84 Å².